The molecule has 2 aliphatic rings. The Balaban J connectivity index is 1.79. The quantitative estimate of drug-likeness (QED) is 0.546. The monoisotopic (exact) mass is 408 g/mol. The van der Waals surface area contributed by atoms with Gasteiger partial charge in [-0.05, 0) is 28.8 Å². The van der Waals surface area contributed by atoms with E-state index in [1.165, 1.54) is 11.1 Å². The van der Waals surface area contributed by atoms with Gasteiger partial charge < -0.3 is 14.2 Å². The van der Waals surface area contributed by atoms with Crippen molar-refractivity contribution in [3.8, 4) is 11.5 Å². The van der Waals surface area contributed by atoms with E-state index in [4.69, 9.17) is 14.2 Å². The highest BCUT2D eigenvalue weighted by atomic mass is 127. The van der Waals surface area contributed by atoms with E-state index >= 15 is 0 Å². The predicted octanol–water partition coefficient (Wildman–Crippen LogP) is 4.38. The molecule has 2 heterocycles. The second-order valence-electron chi connectivity index (χ2n) is 6.01. The Bertz CT molecular complexity index is 715. The van der Waals surface area contributed by atoms with E-state index < -0.39 is 0 Å². The standard InChI is InChI=1S/C18H17IO3/c1-18(10-19)14-5-3-2-4-13(14)9-20-17(18)12-6-7-15-16(8-12)22-11-21-15/h2-8,17H,9-11H2,1H3/t17-,18-/m0/s1. The summed E-state index contributed by atoms with van der Waals surface area (Å²) in [7, 11) is 0. The highest BCUT2D eigenvalue weighted by Crippen LogP contribution is 2.48. The summed E-state index contributed by atoms with van der Waals surface area (Å²) in [6.07, 6.45) is 0.0220. The summed E-state index contributed by atoms with van der Waals surface area (Å²) >= 11 is 2.46. The average Bonchev–Trinajstić information content (AvgIpc) is 3.03. The van der Waals surface area contributed by atoms with Crippen LogP contribution in [0.4, 0.5) is 0 Å². The van der Waals surface area contributed by atoms with Gasteiger partial charge in [-0.3, -0.25) is 0 Å². The van der Waals surface area contributed by atoms with Gasteiger partial charge >= 0.3 is 0 Å². The smallest absolute Gasteiger partial charge is 0.231 e. The lowest BCUT2D eigenvalue weighted by molar-refractivity contribution is -0.0203. The molecule has 0 N–H and O–H groups in total. The van der Waals surface area contributed by atoms with E-state index in [0.29, 0.717) is 13.4 Å². The summed E-state index contributed by atoms with van der Waals surface area (Å²) in [5, 5.41) is 0. The lowest BCUT2D eigenvalue weighted by Crippen LogP contribution is -2.38. The zero-order valence-electron chi connectivity index (χ0n) is 12.3. The molecule has 2 aromatic carbocycles. The Morgan fingerprint density at radius 1 is 1.14 bits per heavy atom. The van der Waals surface area contributed by atoms with Crippen LogP contribution < -0.4 is 9.47 Å². The topological polar surface area (TPSA) is 27.7 Å². The van der Waals surface area contributed by atoms with Crippen molar-refractivity contribution in [1.82, 2.24) is 0 Å². The number of fused-ring (bicyclic) bond motifs is 2. The summed E-state index contributed by atoms with van der Waals surface area (Å²) in [4.78, 5) is 0. The van der Waals surface area contributed by atoms with Crippen molar-refractivity contribution >= 4 is 22.6 Å². The highest BCUT2D eigenvalue weighted by Gasteiger charge is 2.41. The van der Waals surface area contributed by atoms with Crippen LogP contribution in [0.2, 0.25) is 0 Å². The Hall–Kier alpha value is -1.27. The first-order valence-corrected chi connectivity index (χ1v) is 8.90. The summed E-state index contributed by atoms with van der Waals surface area (Å²) in [5.41, 5.74) is 3.78. The lowest BCUT2D eigenvalue weighted by Gasteiger charge is -2.42. The van der Waals surface area contributed by atoms with E-state index in [2.05, 4.69) is 65.9 Å². The number of hydrogen-bond acceptors (Lipinski definition) is 3. The fraction of sp³-hybridized carbons (Fsp3) is 0.333. The van der Waals surface area contributed by atoms with Gasteiger partial charge in [0.1, 0.15) is 0 Å². The molecule has 0 amide bonds. The van der Waals surface area contributed by atoms with Crippen molar-refractivity contribution < 1.29 is 14.2 Å². The maximum Gasteiger partial charge on any atom is 0.231 e. The molecule has 0 aliphatic carbocycles. The largest absolute Gasteiger partial charge is 0.454 e. The maximum atomic E-state index is 6.26. The number of benzene rings is 2. The van der Waals surface area contributed by atoms with Gasteiger partial charge in [0.15, 0.2) is 11.5 Å². The predicted molar refractivity (Wildman–Crippen MR) is 92.8 cm³/mol. The third kappa shape index (κ3) is 2.12. The summed E-state index contributed by atoms with van der Waals surface area (Å²) in [6.45, 7) is 3.24. The molecule has 2 atom stereocenters. The SMILES string of the molecule is C[C@]1(CI)c2ccccc2CO[C@H]1c1ccc2c(c1)OCO2. The molecule has 3 nitrogen and oxygen atoms in total. The molecule has 114 valence electrons. The molecule has 0 aromatic heterocycles. The van der Waals surface area contributed by atoms with E-state index in [1.807, 2.05) is 6.07 Å². The molecule has 0 saturated heterocycles. The molecule has 2 aromatic rings. The number of alkyl halides is 1. The summed E-state index contributed by atoms with van der Waals surface area (Å²) in [6, 6.07) is 14.7. The van der Waals surface area contributed by atoms with Crippen molar-refractivity contribution in [2.75, 3.05) is 11.2 Å². The fourth-order valence-corrected chi connectivity index (χ4v) is 4.19. The average molecular weight is 408 g/mol. The van der Waals surface area contributed by atoms with Gasteiger partial charge in [0.2, 0.25) is 6.79 Å². The molecule has 0 unspecified atom stereocenters. The lowest BCUT2D eigenvalue weighted by atomic mass is 9.73. The minimum Gasteiger partial charge on any atom is -0.454 e. The number of ether oxygens (including phenoxy) is 3. The van der Waals surface area contributed by atoms with E-state index in [-0.39, 0.29) is 11.5 Å². The molecule has 22 heavy (non-hydrogen) atoms. The van der Waals surface area contributed by atoms with Gasteiger partial charge in [0, 0.05) is 9.84 Å². The Morgan fingerprint density at radius 2 is 1.95 bits per heavy atom. The van der Waals surface area contributed by atoms with Crippen molar-refractivity contribution in [2.45, 2.75) is 25.0 Å². The number of halogens is 1. The summed E-state index contributed by atoms with van der Waals surface area (Å²) in [5.74, 6) is 1.63. The molecular weight excluding hydrogens is 391 g/mol. The molecule has 0 radical (unpaired) electrons. The second kappa shape index (κ2) is 5.42. The van der Waals surface area contributed by atoms with Gasteiger partial charge in [-0.25, -0.2) is 0 Å². The van der Waals surface area contributed by atoms with Crippen molar-refractivity contribution in [3.63, 3.8) is 0 Å². The van der Waals surface area contributed by atoms with Crippen LogP contribution in [0.15, 0.2) is 42.5 Å². The second-order valence-corrected chi connectivity index (χ2v) is 6.77. The van der Waals surface area contributed by atoms with Crippen molar-refractivity contribution in [2.24, 2.45) is 0 Å². The van der Waals surface area contributed by atoms with Crippen LogP contribution in [0.25, 0.3) is 0 Å². The van der Waals surface area contributed by atoms with Crippen LogP contribution in [0, 0.1) is 0 Å². The molecule has 4 heteroatoms. The van der Waals surface area contributed by atoms with Crippen LogP contribution in [-0.2, 0) is 16.8 Å². The molecule has 0 bridgehead atoms. The molecular formula is C18H17IO3. The zero-order valence-corrected chi connectivity index (χ0v) is 14.5. The normalized spacial score (nSPS) is 25.8. The van der Waals surface area contributed by atoms with Gasteiger partial charge in [-0.1, -0.05) is 59.8 Å². The van der Waals surface area contributed by atoms with Crippen LogP contribution in [-0.4, -0.2) is 11.2 Å². The van der Waals surface area contributed by atoms with E-state index in [0.717, 1.165) is 21.5 Å². The van der Waals surface area contributed by atoms with Gasteiger partial charge in [0.05, 0.1) is 12.7 Å². The van der Waals surface area contributed by atoms with Crippen LogP contribution in [0.3, 0.4) is 0 Å². The first-order valence-electron chi connectivity index (χ1n) is 7.38. The first kappa shape index (κ1) is 14.3. The van der Waals surface area contributed by atoms with Crippen LogP contribution in [0.1, 0.15) is 29.7 Å². The van der Waals surface area contributed by atoms with E-state index in [1.54, 1.807) is 0 Å². The van der Waals surface area contributed by atoms with Gasteiger partial charge in [-0.2, -0.15) is 0 Å². The van der Waals surface area contributed by atoms with Crippen LogP contribution >= 0.6 is 22.6 Å². The fourth-order valence-electron chi connectivity index (χ4n) is 3.38. The zero-order chi connectivity index (χ0) is 15.2. The van der Waals surface area contributed by atoms with Crippen molar-refractivity contribution in [1.29, 1.82) is 0 Å². The highest BCUT2D eigenvalue weighted by molar-refractivity contribution is 14.1. The third-order valence-corrected chi connectivity index (χ3v) is 6.18. The molecule has 0 fully saturated rings. The molecule has 2 aliphatic heterocycles. The maximum absolute atomic E-state index is 6.26. The Labute approximate surface area is 143 Å². The Morgan fingerprint density at radius 3 is 2.82 bits per heavy atom. The number of rotatable bonds is 2. The first-order chi connectivity index (χ1) is 10.7. The van der Waals surface area contributed by atoms with Gasteiger partial charge in [-0.15, -0.1) is 0 Å². The van der Waals surface area contributed by atoms with Crippen LogP contribution in [0.5, 0.6) is 11.5 Å². The molecule has 0 spiro atoms. The molecule has 0 saturated carbocycles. The summed E-state index contributed by atoms with van der Waals surface area (Å²) < 4.78 is 18.2. The van der Waals surface area contributed by atoms with E-state index in [9.17, 15) is 0 Å². The van der Waals surface area contributed by atoms with Crippen molar-refractivity contribution in [3.05, 3.63) is 59.2 Å². The molecule has 4 rings (SSSR count). The van der Waals surface area contributed by atoms with Gasteiger partial charge in [0.25, 0.3) is 0 Å². The number of hydrogen-bond donors (Lipinski definition) is 0. The third-order valence-electron chi connectivity index (χ3n) is 4.59. The minimum atomic E-state index is -0.0525. The Kier molecular flexibility index (Phi) is 3.53. The minimum absolute atomic E-state index is 0.0220.